The highest BCUT2D eigenvalue weighted by molar-refractivity contribution is 5.76. The average Bonchev–Trinajstić information content (AvgIpc) is 2.65. The molecule has 1 saturated heterocycles. The lowest BCUT2D eigenvalue weighted by Gasteiger charge is -2.32. The summed E-state index contributed by atoms with van der Waals surface area (Å²) in [6.45, 7) is 3.47. The third-order valence-electron chi connectivity index (χ3n) is 4.54. The van der Waals surface area contributed by atoms with Crippen LogP contribution in [0.2, 0.25) is 0 Å². The van der Waals surface area contributed by atoms with Gasteiger partial charge in [-0.1, -0.05) is 48.5 Å². The first-order chi connectivity index (χ1) is 12.3. The molecule has 0 radical (unpaired) electrons. The molecule has 3 rings (SSSR count). The molecule has 0 aromatic heterocycles. The van der Waals surface area contributed by atoms with Gasteiger partial charge in [-0.3, -0.25) is 9.69 Å². The predicted molar refractivity (Wildman–Crippen MR) is 99.4 cm³/mol. The van der Waals surface area contributed by atoms with Crippen LogP contribution in [-0.2, 0) is 11.3 Å². The third-order valence-corrected chi connectivity index (χ3v) is 4.54. The van der Waals surface area contributed by atoms with E-state index in [1.165, 1.54) is 5.56 Å². The van der Waals surface area contributed by atoms with Crippen molar-refractivity contribution in [3.8, 4) is 5.75 Å². The highest BCUT2D eigenvalue weighted by Crippen LogP contribution is 2.14. The van der Waals surface area contributed by atoms with E-state index in [0.717, 1.165) is 38.2 Å². The molecule has 1 N–H and O–H groups in total. The SMILES string of the molecule is O=C(CCOc1ccccc1)NC1CCN(Cc2ccccc2)CC1. The van der Waals surface area contributed by atoms with Crippen LogP contribution in [0.15, 0.2) is 60.7 Å². The zero-order valence-corrected chi connectivity index (χ0v) is 14.6. The van der Waals surface area contributed by atoms with Crippen molar-refractivity contribution < 1.29 is 9.53 Å². The number of hydrogen-bond donors (Lipinski definition) is 1. The first kappa shape index (κ1) is 17.5. The second-order valence-corrected chi connectivity index (χ2v) is 6.52. The van der Waals surface area contributed by atoms with E-state index in [1.807, 2.05) is 36.4 Å². The second-order valence-electron chi connectivity index (χ2n) is 6.52. The minimum Gasteiger partial charge on any atom is -0.493 e. The number of nitrogens with zero attached hydrogens (tertiary/aromatic N) is 1. The Hall–Kier alpha value is -2.33. The van der Waals surface area contributed by atoms with E-state index < -0.39 is 0 Å². The standard InChI is InChI=1S/C21H26N2O2/c24-21(13-16-25-20-9-5-2-6-10-20)22-19-11-14-23(15-12-19)17-18-7-3-1-4-8-18/h1-10,19H,11-17H2,(H,22,24). The molecule has 1 amide bonds. The van der Waals surface area contributed by atoms with E-state index in [-0.39, 0.29) is 11.9 Å². The molecule has 1 aliphatic heterocycles. The number of piperidine rings is 1. The summed E-state index contributed by atoms with van der Waals surface area (Å²) in [4.78, 5) is 14.5. The summed E-state index contributed by atoms with van der Waals surface area (Å²) in [5.74, 6) is 0.891. The number of likely N-dealkylation sites (tertiary alicyclic amines) is 1. The summed E-state index contributed by atoms with van der Waals surface area (Å²) in [5, 5.41) is 3.14. The van der Waals surface area contributed by atoms with Crippen molar-refractivity contribution in [1.82, 2.24) is 10.2 Å². The summed E-state index contributed by atoms with van der Waals surface area (Å²) in [6, 6.07) is 20.5. The van der Waals surface area contributed by atoms with Gasteiger partial charge in [0.05, 0.1) is 13.0 Å². The maximum absolute atomic E-state index is 12.1. The van der Waals surface area contributed by atoms with Crippen molar-refractivity contribution in [2.45, 2.75) is 31.8 Å². The van der Waals surface area contributed by atoms with Crippen molar-refractivity contribution in [3.05, 3.63) is 66.2 Å². The number of hydrogen-bond acceptors (Lipinski definition) is 3. The number of carbonyl (C=O) groups excluding carboxylic acids is 1. The van der Waals surface area contributed by atoms with Gasteiger partial charge in [-0.25, -0.2) is 0 Å². The first-order valence-electron chi connectivity index (χ1n) is 9.03. The molecular formula is C21H26N2O2. The van der Waals surface area contributed by atoms with E-state index >= 15 is 0 Å². The summed E-state index contributed by atoms with van der Waals surface area (Å²) < 4.78 is 5.58. The quantitative estimate of drug-likeness (QED) is 0.843. The van der Waals surface area contributed by atoms with Crippen molar-refractivity contribution in [1.29, 1.82) is 0 Å². The number of carbonyl (C=O) groups is 1. The molecule has 0 aliphatic carbocycles. The van der Waals surface area contributed by atoms with E-state index in [9.17, 15) is 4.79 Å². The van der Waals surface area contributed by atoms with Gasteiger partial charge in [0.2, 0.25) is 5.91 Å². The molecule has 0 unspecified atom stereocenters. The first-order valence-corrected chi connectivity index (χ1v) is 9.03. The zero-order chi connectivity index (χ0) is 17.3. The molecule has 0 atom stereocenters. The van der Waals surface area contributed by atoms with Gasteiger partial charge in [0.1, 0.15) is 5.75 Å². The van der Waals surface area contributed by atoms with Gasteiger partial charge < -0.3 is 10.1 Å². The van der Waals surface area contributed by atoms with Gasteiger partial charge in [-0.15, -0.1) is 0 Å². The molecule has 1 heterocycles. The highest BCUT2D eigenvalue weighted by Gasteiger charge is 2.20. The molecule has 1 fully saturated rings. The zero-order valence-electron chi connectivity index (χ0n) is 14.6. The van der Waals surface area contributed by atoms with Crippen LogP contribution in [-0.4, -0.2) is 36.5 Å². The summed E-state index contributed by atoms with van der Waals surface area (Å²) in [7, 11) is 0. The maximum atomic E-state index is 12.1. The average molecular weight is 338 g/mol. The number of amides is 1. The fraction of sp³-hybridized carbons (Fsp3) is 0.381. The van der Waals surface area contributed by atoms with E-state index in [0.29, 0.717) is 13.0 Å². The van der Waals surface area contributed by atoms with Crippen LogP contribution in [0.3, 0.4) is 0 Å². The van der Waals surface area contributed by atoms with Crippen LogP contribution in [0.5, 0.6) is 5.75 Å². The Morgan fingerprint density at radius 1 is 1.00 bits per heavy atom. The summed E-state index contributed by atoms with van der Waals surface area (Å²) >= 11 is 0. The topological polar surface area (TPSA) is 41.6 Å². The lowest BCUT2D eigenvalue weighted by molar-refractivity contribution is -0.122. The molecule has 4 nitrogen and oxygen atoms in total. The highest BCUT2D eigenvalue weighted by atomic mass is 16.5. The smallest absolute Gasteiger partial charge is 0.223 e. The maximum Gasteiger partial charge on any atom is 0.223 e. The Labute approximate surface area is 149 Å². The largest absolute Gasteiger partial charge is 0.493 e. The van der Waals surface area contributed by atoms with E-state index in [2.05, 4.69) is 34.5 Å². The van der Waals surface area contributed by atoms with Gasteiger partial charge in [0.25, 0.3) is 0 Å². The fourth-order valence-corrected chi connectivity index (χ4v) is 3.16. The van der Waals surface area contributed by atoms with Crippen LogP contribution in [0.1, 0.15) is 24.8 Å². The molecule has 2 aromatic rings. The van der Waals surface area contributed by atoms with Gasteiger partial charge in [0.15, 0.2) is 0 Å². The molecule has 0 spiro atoms. The summed E-state index contributed by atoms with van der Waals surface area (Å²) in [5.41, 5.74) is 1.35. The number of nitrogens with one attached hydrogen (secondary N) is 1. The Kier molecular flexibility index (Phi) is 6.46. The number of para-hydroxylation sites is 1. The Morgan fingerprint density at radius 2 is 1.64 bits per heavy atom. The Morgan fingerprint density at radius 3 is 2.32 bits per heavy atom. The van der Waals surface area contributed by atoms with Gasteiger partial charge in [-0.05, 0) is 30.5 Å². The molecule has 25 heavy (non-hydrogen) atoms. The van der Waals surface area contributed by atoms with Crippen molar-refractivity contribution in [3.63, 3.8) is 0 Å². The normalized spacial score (nSPS) is 15.7. The van der Waals surface area contributed by atoms with Crippen LogP contribution in [0, 0.1) is 0 Å². The van der Waals surface area contributed by atoms with E-state index in [4.69, 9.17) is 4.74 Å². The molecule has 0 bridgehead atoms. The van der Waals surface area contributed by atoms with Gasteiger partial charge in [0, 0.05) is 25.7 Å². The van der Waals surface area contributed by atoms with Crippen LogP contribution >= 0.6 is 0 Å². The van der Waals surface area contributed by atoms with Crippen LogP contribution in [0.25, 0.3) is 0 Å². The fourth-order valence-electron chi connectivity index (χ4n) is 3.16. The molecule has 132 valence electrons. The molecule has 1 aliphatic rings. The number of benzene rings is 2. The van der Waals surface area contributed by atoms with Crippen molar-refractivity contribution in [2.75, 3.05) is 19.7 Å². The number of rotatable bonds is 7. The lowest BCUT2D eigenvalue weighted by atomic mass is 10.0. The van der Waals surface area contributed by atoms with Crippen LogP contribution in [0.4, 0.5) is 0 Å². The molecule has 4 heteroatoms. The number of ether oxygens (including phenoxy) is 1. The minimum atomic E-state index is 0.0810. The molecule has 2 aromatic carbocycles. The van der Waals surface area contributed by atoms with Crippen molar-refractivity contribution in [2.24, 2.45) is 0 Å². The van der Waals surface area contributed by atoms with Crippen molar-refractivity contribution >= 4 is 5.91 Å². The Bertz CT molecular complexity index is 637. The second kappa shape index (κ2) is 9.23. The monoisotopic (exact) mass is 338 g/mol. The Balaban J connectivity index is 1.32. The van der Waals surface area contributed by atoms with Gasteiger partial charge in [-0.2, -0.15) is 0 Å². The third kappa shape index (κ3) is 5.91. The minimum absolute atomic E-state index is 0.0810. The predicted octanol–water partition coefficient (Wildman–Crippen LogP) is 3.24. The van der Waals surface area contributed by atoms with E-state index in [1.54, 1.807) is 0 Å². The van der Waals surface area contributed by atoms with Gasteiger partial charge >= 0.3 is 0 Å². The summed E-state index contributed by atoms with van der Waals surface area (Å²) in [6.07, 6.45) is 2.43. The molecular weight excluding hydrogens is 312 g/mol. The van der Waals surface area contributed by atoms with Crippen LogP contribution < -0.4 is 10.1 Å². The molecule has 0 saturated carbocycles. The lowest BCUT2D eigenvalue weighted by Crippen LogP contribution is -2.44.